The van der Waals surface area contributed by atoms with Crippen LogP contribution in [-0.4, -0.2) is 18.2 Å². The third kappa shape index (κ3) is 2.70. The molecule has 8 heteroatoms. The van der Waals surface area contributed by atoms with Crippen LogP contribution in [0.1, 0.15) is 5.69 Å². The summed E-state index contributed by atoms with van der Waals surface area (Å²) in [5.41, 5.74) is 1.14. The number of aromatic nitrogens is 2. The molecule has 17 heavy (non-hydrogen) atoms. The molecule has 0 amide bonds. The van der Waals surface area contributed by atoms with Gasteiger partial charge in [-0.3, -0.25) is 9.40 Å². The second kappa shape index (κ2) is 4.43. The smallest absolute Gasteiger partial charge is 0.271 e. The molecule has 5 nitrogen and oxygen atoms in total. The minimum absolute atomic E-state index is 0.271. The molecular formula is C9H10BrN3O2S2. The molecular weight excluding hydrogens is 326 g/mol. The molecule has 2 rings (SSSR count). The van der Waals surface area contributed by atoms with Gasteiger partial charge < -0.3 is 0 Å². The van der Waals surface area contributed by atoms with E-state index in [0.717, 1.165) is 3.79 Å². The maximum atomic E-state index is 12.0. The monoisotopic (exact) mass is 335 g/mol. The zero-order chi connectivity index (χ0) is 12.6. The predicted molar refractivity (Wildman–Crippen MR) is 70.8 cm³/mol. The Morgan fingerprint density at radius 1 is 1.47 bits per heavy atom. The summed E-state index contributed by atoms with van der Waals surface area (Å²) in [4.78, 5) is 0. The van der Waals surface area contributed by atoms with Gasteiger partial charge in [0.2, 0.25) is 0 Å². The fraction of sp³-hybridized carbons (Fsp3) is 0.222. The van der Waals surface area contributed by atoms with E-state index in [1.807, 2.05) is 0 Å². The van der Waals surface area contributed by atoms with Crippen molar-refractivity contribution < 1.29 is 8.42 Å². The van der Waals surface area contributed by atoms with E-state index in [1.54, 1.807) is 37.0 Å². The fourth-order valence-corrected chi connectivity index (χ4v) is 4.45. The zero-order valence-electron chi connectivity index (χ0n) is 9.14. The molecule has 0 aliphatic rings. The van der Waals surface area contributed by atoms with Gasteiger partial charge >= 0.3 is 0 Å². The number of aryl methyl sites for hydroxylation is 2. The average molecular weight is 336 g/mol. The SMILES string of the molecule is Cc1nn(C)cc1NS(=O)(=O)c1ccc(Br)s1. The number of thiophene rings is 1. The Hall–Kier alpha value is -0.860. The van der Waals surface area contributed by atoms with Crippen LogP contribution in [0.25, 0.3) is 0 Å². The van der Waals surface area contributed by atoms with Crippen LogP contribution in [-0.2, 0) is 17.1 Å². The lowest BCUT2D eigenvalue weighted by Crippen LogP contribution is -2.11. The number of nitrogens with zero attached hydrogens (tertiary/aromatic N) is 2. The Bertz CT molecular complexity index is 645. The lowest BCUT2D eigenvalue weighted by Gasteiger charge is -2.03. The van der Waals surface area contributed by atoms with Gasteiger partial charge in [-0.25, -0.2) is 8.42 Å². The lowest BCUT2D eigenvalue weighted by molar-refractivity contribution is 0.603. The first-order valence-corrected chi connectivity index (χ1v) is 7.76. The highest BCUT2D eigenvalue weighted by Crippen LogP contribution is 2.28. The van der Waals surface area contributed by atoms with Crippen LogP contribution in [0.15, 0.2) is 26.3 Å². The van der Waals surface area contributed by atoms with Crippen LogP contribution < -0.4 is 4.72 Å². The van der Waals surface area contributed by atoms with Gasteiger partial charge in [0, 0.05) is 13.2 Å². The van der Waals surface area contributed by atoms with Gasteiger partial charge in [0.05, 0.1) is 15.2 Å². The van der Waals surface area contributed by atoms with Crippen molar-refractivity contribution in [1.29, 1.82) is 0 Å². The highest BCUT2D eigenvalue weighted by atomic mass is 79.9. The second-order valence-electron chi connectivity index (χ2n) is 3.47. The van der Waals surface area contributed by atoms with Crippen molar-refractivity contribution in [3.05, 3.63) is 27.8 Å². The molecule has 2 aromatic rings. The predicted octanol–water partition coefficient (Wildman–Crippen LogP) is 2.35. The van der Waals surface area contributed by atoms with Crippen molar-refractivity contribution in [2.24, 2.45) is 7.05 Å². The largest absolute Gasteiger partial charge is 0.275 e. The van der Waals surface area contributed by atoms with Gasteiger partial charge in [-0.05, 0) is 35.0 Å². The van der Waals surface area contributed by atoms with Gasteiger partial charge in [0.15, 0.2) is 0 Å². The van der Waals surface area contributed by atoms with Gasteiger partial charge in [0.1, 0.15) is 4.21 Å². The number of sulfonamides is 1. The topological polar surface area (TPSA) is 64.0 Å². The van der Waals surface area contributed by atoms with E-state index in [-0.39, 0.29) is 4.21 Å². The summed E-state index contributed by atoms with van der Waals surface area (Å²) in [7, 11) is -1.77. The minimum atomic E-state index is -3.52. The van der Waals surface area contributed by atoms with Crippen molar-refractivity contribution in [3.63, 3.8) is 0 Å². The molecule has 0 aliphatic carbocycles. The van der Waals surface area contributed by atoms with E-state index < -0.39 is 10.0 Å². The molecule has 1 N–H and O–H groups in total. The first-order valence-electron chi connectivity index (χ1n) is 4.67. The van der Waals surface area contributed by atoms with Crippen LogP contribution in [0.4, 0.5) is 5.69 Å². The van der Waals surface area contributed by atoms with Crippen LogP contribution in [0.2, 0.25) is 0 Å². The van der Waals surface area contributed by atoms with Gasteiger partial charge in [0.25, 0.3) is 10.0 Å². The Morgan fingerprint density at radius 2 is 2.18 bits per heavy atom. The summed E-state index contributed by atoms with van der Waals surface area (Å²) in [6.07, 6.45) is 1.63. The summed E-state index contributed by atoms with van der Waals surface area (Å²) in [6, 6.07) is 3.26. The number of hydrogen-bond donors (Lipinski definition) is 1. The molecule has 2 aromatic heterocycles. The van der Waals surface area contributed by atoms with Crippen molar-refractivity contribution >= 4 is 43.0 Å². The zero-order valence-corrected chi connectivity index (χ0v) is 12.4. The van der Waals surface area contributed by atoms with Crippen LogP contribution in [0, 0.1) is 6.92 Å². The number of rotatable bonds is 3. The summed E-state index contributed by atoms with van der Waals surface area (Å²) >= 11 is 4.40. The van der Waals surface area contributed by atoms with Gasteiger partial charge in [-0.2, -0.15) is 5.10 Å². The Labute approximate surface area is 112 Å². The summed E-state index contributed by atoms with van der Waals surface area (Å²) < 4.78 is 29.2. The molecule has 0 fully saturated rings. The molecule has 0 aromatic carbocycles. The summed E-state index contributed by atoms with van der Waals surface area (Å²) in [5.74, 6) is 0. The minimum Gasteiger partial charge on any atom is -0.275 e. The summed E-state index contributed by atoms with van der Waals surface area (Å²) in [6.45, 7) is 1.75. The van der Waals surface area contributed by atoms with Crippen molar-refractivity contribution in [2.45, 2.75) is 11.1 Å². The second-order valence-corrected chi connectivity index (χ2v) is 7.84. The highest BCUT2D eigenvalue weighted by molar-refractivity contribution is 9.11. The molecule has 92 valence electrons. The maximum Gasteiger partial charge on any atom is 0.271 e. The Kier molecular flexibility index (Phi) is 3.28. The number of nitrogens with one attached hydrogen (secondary N) is 1. The molecule has 0 radical (unpaired) electrons. The Morgan fingerprint density at radius 3 is 2.65 bits per heavy atom. The highest BCUT2D eigenvalue weighted by Gasteiger charge is 2.18. The van der Waals surface area contributed by atoms with Crippen LogP contribution in [0.3, 0.4) is 0 Å². The van der Waals surface area contributed by atoms with E-state index in [1.165, 1.54) is 11.3 Å². The van der Waals surface area contributed by atoms with Gasteiger partial charge in [-0.1, -0.05) is 0 Å². The standard InChI is InChI=1S/C9H10BrN3O2S2/c1-6-7(5-13(2)11-6)12-17(14,15)9-4-3-8(10)16-9/h3-5,12H,1-2H3. The van der Waals surface area contributed by atoms with Crippen molar-refractivity contribution in [3.8, 4) is 0 Å². The molecule has 0 unspecified atom stereocenters. The third-order valence-corrected chi connectivity index (χ3v) is 5.55. The number of anilines is 1. The number of halogens is 1. The van der Waals surface area contributed by atoms with Crippen LogP contribution in [0.5, 0.6) is 0 Å². The molecule has 0 atom stereocenters. The molecule has 0 aliphatic heterocycles. The first-order chi connectivity index (χ1) is 7.88. The Balaban J connectivity index is 2.32. The van der Waals surface area contributed by atoms with E-state index in [2.05, 4.69) is 25.8 Å². The molecule has 0 spiro atoms. The molecule has 0 saturated heterocycles. The maximum absolute atomic E-state index is 12.0. The molecule has 2 heterocycles. The van der Waals surface area contributed by atoms with Gasteiger partial charge in [-0.15, -0.1) is 11.3 Å². The average Bonchev–Trinajstić information content (AvgIpc) is 2.74. The third-order valence-electron chi connectivity index (χ3n) is 2.07. The fourth-order valence-electron chi connectivity index (χ4n) is 1.34. The lowest BCUT2D eigenvalue weighted by atomic mass is 10.4. The summed E-state index contributed by atoms with van der Waals surface area (Å²) in [5, 5.41) is 4.08. The van der Waals surface area contributed by atoms with Crippen molar-refractivity contribution in [1.82, 2.24) is 9.78 Å². The van der Waals surface area contributed by atoms with E-state index in [4.69, 9.17) is 0 Å². The normalized spacial score (nSPS) is 11.7. The molecule has 0 bridgehead atoms. The van der Waals surface area contributed by atoms with E-state index >= 15 is 0 Å². The quantitative estimate of drug-likeness (QED) is 0.936. The first kappa shape index (κ1) is 12.6. The van der Waals surface area contributed by atoms with Crippen LogP contribution >= 0.6 is 27.3 Å². The van der Waals surface area contributed by atoms with E-state index in [9.17, 15) is 8.42 Å². The van der Waals surface area contributed by atoms with Crippen molar-refractivity contribution in [2.75, 3.05) is 4.72 Å². The van der Waals surface area contributed by atoms with E-state index in [0.29, 0.717) is 11.4 Å². The number of hydrogen-bond acceptors (Lipinski definition) is 4. The molecule has 0 saturated carbocycles.